The van der Waals surface area contributed by atoms with Crippen molar-refractivity contribution in [3.63, 3.8) is 0 Å². The standard InChI is InChI=1S/C17H19ClN2O/c1-2-3-4-6-13-9-11-14(12-10-13)19-17(21)15-7-5-8-16(18)20-15/h5,7-12H,2-4,6H2,1H3,(H,19,21). The lowest BCUT2D eigenvalue weighted by Gasteiger charge is -2.06. The monoisotopic (exact) mass is 302 g/mol. The van der Waals surface area contributed by atoms with Gasteiger partial charge in [0.15, 0.2) is 0 Å². The summed E-state index contributed by atoms with van der Waals surface area (Å²) in [5.74, 6) is -0.253. The first kappa shape index (κ1) is 15.5. The van der Waals surface area contributed by atoms with Crippen molar-refractivity contribution in [2.45, 2.75) is 32.6 Å². The Bertz CT molecular complexity index is 596. The minimum atomic E-state index is -0.253. The van der Waals surface area contributed by atoms with Gasteiger partial charge in [-0.05, 0) is 42.7 Å². The van der Waals surface area contributed by atoms with Crippen LogP contribution in [0.5, 0.6) is 0 Å². The maximum absolute atomic E-state index is 12.0. The van der Waals surface area contributed by atoms with Gasteiger partial charge in [0, 0.05) is 5.69 Å². The highest BCUT2D eigenvalue weighted by atomic mass is 35.5. The Labute approximate surface area is 130 Å². The zero-order valence-electron chi connectivity index (χ0n) is 12.1. The van der Waals surface area contributed by atoms with E-state index in [4.69, 9.17) is 11.6 Å². The Morgan fingerprint density at radius 3 is 2.57 bits per heavy atom. The largest absolute Gasteiger partial charge is 0.321 e. The molecule has 0 saturated carbocycles. The predicted molar refractivity (Wildman–Crippen MR) is 86.9 cm³/mol. The Morgan fingerprint density at radius 2 is 1.90 bits per heavy atom. The summed E-state index contributed by atoms with van der Waals surface area (Å²) >= 11 is 5.78. The molecule has 0 bridgehead atoms. The van der Waals surface area contributed by atoms with Crippen LogP contribution in [0.1, 0.15) is 42.2 Å². The van der Waals surface area contributed by atoms with Crippen molar-refractivity contribution in [2.75, 3.05) is 5.32 Å². The molecule has 0 fully saturated rings. The van der Waals surface area contributed by atoms with Crippen molar-refractivity contribution >= 4 is 23.2 Å². The first-order valence-corrected chi connectivity index (χ1v) is 7.59. The molecule has 1 aromatic carbocycles. The van der Waals surface area contributed by atoms with Crippen molar-refractivity contribution in [1.82, 2.24) is 4.98 Å². The number of hydrogen-bond acceptors (Lipinski definition) is 2. The molecule has 0 spiro atoms. The van der Waals surface area contributed by atoms with Gasteiger partial charge in [0.2, 0.25) is 0 Å². The second kappa shape index (κ2) is 7.79. The molecule has 0 aliphatic heterocycles. The van der Waals surface area contributed by atoms with E-state index >= 15 is 0 Å². The third kappa shape index (κ3) is 4.87. The van der Waals surface area contributed by atoms with Crippen LogP contribution in [0.4, 0.5) is 5.69 Å². The van der Waals surface area contributed by atoms with Crippen LogP contribution in [0, 0.1) is 0 Å². The first-order valence-electron chi connectivity index (χ1n) is 7.22. The zero-order chi connectivity index (χ0) is 15.1. The highest BCUT2D eigenvalue weighted by Crippen LogP contribution is 2.14. The van der Waals surface area contributed by atoms with E-state index in [0.717, 1.165) is 12.1 Å². The molecule has 0 aliphatic carbocycles. The van der Waals surface area contributed by atoms with Gasteiger partial charge in [0.05, 0.1) is 0 Å². The molecule has 0 unspecified atom stereocenters. The quantitative estimate of drug-likeness (QED) is 0.619. The van der Waals surface area contributed by atoms with Gasteiger partial charge < -0.3 is 5.32 Å². The number of hydrogen-bond donors (Lipinski definition) is 1. The molecule has 3 nitrogen and oxygen atoms in total. The van der Waals surface area contributed by atoms with E-state index < -0.39 is 0 Å². The van der Waals surface area contributed by atoms with Gasteiger partial charge in [-0.2, -0.15) is 0 Å². The van der Waals surface area contributed by atoms with E-state index in [1.54, 1.807) is 18.2 Å². The molecule has 110 valence electrons. The van der Waals surface area contributed by atoms with Crippen molar-refractivity contribution < 1.29 is 4.79 Å². The van der Waals surface area contributed by atoms with Crippen LogP contribution in [-0.4, -0.2) is 10.9 Å². The van der Waals surface area contributed by atoms with E-state index in [1.165, 1.54) is 24.8 Å². The topological polar surface area (TPSA) is 42.0 Å². The minimum absolute atomic E-state index is 0.253. The summed E-state index contributed by atoms with van der Waals surface area (Å²) in [6, 6.07) is 12.9. The van der Waals surface area contributed by atoms with Crippen molar-refractivity contribution in [3.05, 3.63) is 58.9 Å². The van der Waals surface area contributed by atoms with Gasteiger partial charge in [0.25, 0.3) is 5.91 Å². The average molecular weight is 303 g/mol. The molecule has 0 saturated heterocycles. The molecule has 0 aliphatic rings. The van der Waals surface area contributed by atoms with Gasteiger partial charge in [-0.25, -0.2) is 4.98 Å². The number of amides is 1. The van der Waals surface area contributed by atoms with E-state index in [1.807, 2.05) is 12.1 Å². The van der Waals surface area contributed by atoms with Crippen molar-refractivity contribution in [1.29, 1.82) is 0 Å². The highest BCUT2D eigenvalue weighted by Gasteiger charge is 2.07. The third-order valence-corrected chi connectivity index (χ3v) is 3.44. The smallest absolute Gasteiger partial charge is 0.274 e. The van der Waals surface area contributed by atoms with E-state index in [-0.39, 0.29) is 5.91 Å². The zero-order valence-corrected chi connectivity index (χ0v) is 12.9. The maximum Gasteiger partial charge on any atom is 0.274 e. The molecule has 0 atom stereocenters. The number of anilines is 1. The fourth-order valence-electron chi connectivity index (χ4n) is 2.06. The molecule has 4 heteroatoms. The normalized spacial score (nSPS) is 10.4. The summed E-state index contributed by atoms with van der Waals surface area (Å²) in [7, 11) is 0. The van der Waals surface area contributed by atoms with Crippen molar-refractivity contribution in [3.8, 4) is 0 Å². The molecule has 1 aromatic heterocycles. The predicted octanol–water partition coefficient (Wildman–Crippen LogP) is 4.72. The average Bonchev–Trinajstić information content (AvgIpc) is 2.49. The fraction of sp³-hybridized carbons (Fsp3) is 0.294. The van der Waals surface area contributed by atoms with E-state index in [2.05, 4.69) is 29.4 Å². The summed E-state index contributed by atoms with van der Waals surface area (Å²) in [5.41, 5.74) is 2.37. The number of carbonyl (C=O) groups excluding carboxylic acids is 1. The second-order valence-electron chi connectivity index (χ2n) is 4.95. The molecule has 0 radical (unpaired) electrons. The van der Waals surface area contributed by atoms with Gasteiger partial charge in [-0.3, -0.25) is 4.79 Å². The number of benzene rings is 1. The number of rotatable bonds is 6. The molecular formula is C17H19ClN2O. The van der Waals surface area contributed by atoms with Gasteiger partial charge in [0.1, 0.15) is 10.8 Å². The van der Waals surface area contributed by atoms with Crippen molar-refractivity contribution in [2.24, 2.45) is 0 Å². The van der Waals surface area contributed by atoms with Gasteiger partial charge in [-0.15, -0.1) is 0 Å². The second-order valence-corrected chi connectivity index (χ2v) is 5.34. The molecule has 21 heavy (non-hydrogen) atoms. The van der Waals surface area contributed by atoms with Gasteiger partial charge >= 0.3 is 0 Å². The number of carbonyl (C=O) groups is 1. The minimum Gasteiger partial charge on any atom is -0.321 e. The van der Waals surface area contributed by atoms with E-state index in [0.29, 0.717) is 10.8 Å². The Hall–Kier alpha value is -1.87. The Kier molecular flexibility index (Phi) is 5.76. The number of halogens is 1. The Balaban J connectivity index is 1.95. The summed E-state index contributed by atoms with van der Waals surface area (Å²) in [6.45, 7) is 2.20. The van der Waals surface area contributed by atoms with Crippen LogP contribution >= 0.6 is 11.6 Å². The van der Waals surface area contributed by atoms with Crippen LogP contribution in [0.2, 0.25) is 5.15 Å². The highest BCUT2D eigenvalue weighted by molar-refractivity contribution is 6.29. The third-order valence-electron chi connectivity index (χ3n) is 3.23. The van der Waals surface area contributed by atoms with Gasteiger partial charge in [-0.1, -0.05) is 49.6 Å². The Morgan fingerprint density at radius 1 is 1.14 bits per heavy atom. The van der Waals surface area contributed by atoms with Crippen LogP contribution in [0.25, 0.3) is 0 Å². The number of nitrogens with one attached hydrogen (secondary N) is 1. The summed E-state index contributed by atoms with van der Waals surface area (Å²) in [5, 5.41) is 3.13. The molecule has 1 heterocycles. The molecule has 1 N–H and O–H groups in total. The van der Waals surface area contributed by atoms with E-state index in [9.17, 15) is 4.79 Å². The molecule has 2 aromatic rings. The maximum atomic E-state index is 12.0. The SMILES string of the molecule is CCCCCc1ccc(NC(=O)c2cccc(Cl)n2)cc1. The number of aryl methyl sites for hydroxylation is 1. The van der Waals surface area contributed by atoms with Crippen LogP contribution in [0.3, 0.4) is 0 Å². The molecule has 1 amide bonds. The summed E-state index contributed by atoms with van der Waals surface area (Å²) in [4.78, 5) is 16.0. The number of pyridine rings is 1. The lowest BCUT2D eigenvalue weighted by molar-refractivity contribution is 0.102. The molecular weight excluding hydrogens is 284 g/mol. The van der Waals surface area contributed by atoms with Crippen LogP contribution in [-0.2, 0) is 6.42 Å². The summed E-state index contributed by atoms with van der Waals surface area (Å²) < 4.78 is 0. The fourth-order valence-corrected chi connectivity index (χ4v) is 2.23. The summed E-state index contributed by atoms with van der Waals surface area (Å²) in [6.07, 6.45) is 4.76. The first-order chi connectivity index (χ1) is 10.2. The number of aromatic nitrogens is 1. The number of nitrogens with zero attached hydrogens (tertiary/aromatic N) is 1. The lowest BCUT2D eigenvalue weighted by atomic mass is 10.1. The van der Waals surface area contributed by atoms with Crippen LogP contribution in [0.15, 0.2) is 42.5 Å². The molecule has 2 rings (SSSR count). The van der Waals surface area contributed by atoms with Crippen LogP contribution < -0.4 is 5.32 Å². The lowest BCUT2D eigenvalue weighted by Crippen LogP contribution is -2.13. The number of unbranched alkanes of at least 4 members (excludes halogenated alkanes) is 2.